The third kappa shape index (κ3) is 5.15. The van der Waals surface area contributed by atoms with E-state index in [4.69, 9.17) is 27.9 Å². The number of halogens is 2. The summed E-state index contributed by atoms with van der Waals surface area (Å²) in [5.74, 6) is -2.02. The first-order chi connectivity index (χ1) is 17.2. The molecule has 0 aliphatic heterocycles. The Kier molecular flexibility index (Phi) is 7.19. The lowest BCUT2D eigenvalue weighted by Gasteiger charge is -2.14. The van der Waals surface area contributed by atoms with E-state index in [1.807, 2.05) is 19.9 Å². The molecule has 3 aromatic carbocycles. The van der Waals surface area contributed by atoms with Crippen molar-refractivity contribution in [1.82, 2.24) is 4.68 Å². The molecule has 0 unspecified atom stereocenters. The Hall–Kier alpha value is -4.01. The molecule has 0 aliphatic carbocycles. The van der Waals surface area contributed by atoms with Crippen molar-refractivity contribution in [3.63, 3.8) is 0 Å². The number of carbonyl (C=O) groups excluding carboxylic acids is 3. The predicted octanol–water partition coefficient (Wildman–Crippen LogP) is 5.53. The van der Waals surface area contributed by atoms with Crippen LogP contribution < -0.4 is 20.8 Å². The number of nitrogens with one attached hydrogen (secondary N) is 3. The Balaban J connectivity index is 1.66. The third-order valence-electron chi connectivity index (χ3n) is 5.60. The molecule has 0 aliphatic rings. The van der Waals surface area contributed by atoms with E-state index in [-0.39, 0.29) is 10.7 Å². The number of amides is 3. The first kappa shape index (κ1) is 25.1. The second kappa shape index (κ2) is 10.3. The fourth-order valence-corrected chi connectivity index (χ4v) is 3.90. The third-order valence-corrected chi connectivity index (χ3v) is 6.34. The SMILES string of the molecule is COc1cccc2cc(C(=O)Nc3ccc(Cl)c(Cl)c3)n(NC(=O)C(=O)Nc3ccc(C)c(C)c3)c12. The Labute approximate surface area is 217 Å². The quantitative estimate of drug-likeness (QED) is 0.298. The van der Waals surface area contributed by atoms with E-state index in [0.29, 0.717) is 33.0 Å². The van der Waals surface area contributed by atoms with Gasteiger partial charge in [0.15, 0.2) is 0 Å². The number of para-hydroxylation sites is 1. The summed E-state index contributed by atoms with van der Waals surface area (Å²) in [5.41, 5.74) is 5.89. The molecule has 8 nitrogen and oxygen atoms in total. The van der Waals surface area contributed by atoms with E-state index in [1.54, 1.807) is 48.5 Å². The van der Waals surface area contributed by atoms with Crippen LogP contribution in [0.15, 0.2) is 60.7 Å². The fraction of sp³-hybridized carbons (Fsp3) is 0.115. The van der Waals surface area contributed by atoms with Crippen molar-refractivity contribution in [2.24, 2.45) is 0 Å². The van der Waals surface area contributed by atoms with E-state index in [9.17, 15) is 14.4 Å². The molecule has 0 spiro atoms. The van der Waals surface area contributed by atoms with Gasteiger partial charge >= 0.3 is 11.8 Å². The van der Waals surface area contributed by atoms with Crippen LogP contribution in [0.5, 0.6) is 5.75 Å². The van der Waals surface area contributed by atoms with Gasteiger partial charge in [0.1, 0.15) is 17.0 Å². The lowest BCUT2D eigenvalue weighted by Crippen LogP contribution is -2.36. The summed E-state index contributed by atoms with van der Waals surface area (Å²) in [6, 6.07) is 16.7. The standard InChI is InChI=1S/C26H22Cl2N4O4/c1-14-7-8-17(11-15(14)2)30-25(34)26(35)31-32-21(12-16-5-4-6-22(36-3)23(16)32)24(33)29-18-9-10-19(27)20(28)13-18/h4-13H,1-3H3,(H,29,33)(H,30,34)(H,31,35). The number of fused-ring (bicyclic) bond motifs is 1. The van der Waals surface area contributed by atoms with E-state index in [1.165, 1.54) is 17.9 Å². The second-order valence-electron chi connectivity index (χ2n) is 8.04. The number of aryl methyl sites for hydroxylation is 2. The van der Waals surface area contributed by atoms with Crippen LogP contribution in [-0.2, 0) is 9.59 Å². The van der Waals surface area contributed by atoms with Gasteiger partial charge < -0.3 is 15.4 Å². The highest BCUT2D eigenvalue weighted by Gasteiger charge is 2.23. The summed E-state index contributed by atoms with van der Waals surface area (Å²) in [7, 11) is 1.47. The minimum absolute atomic E-state index is 0.0629. The van der Waals surface area contributed by atoms with Crippen LogP contribution in [0.3, 0.4) is 0 Å². The van der Waals surface area contributed by atoms with Crippen LogP contribution in [0.4, 0.5) is 11.4 Å². The van der Waals surface area contributed by atoms with Gasteiger partial charge in [-0.05, 0) is 67.4 Å². The Morgan fingerprint density at radius 1 is 0.806 bits per heavy atom. The molecule has 3 amide bonds. The van der Waals surface area contributed by atoms with E-state index >= 15 is 0 Å². The monoisotopic (exact) mass is 524 g/mol. The fourth-order valence-electron chi connectivity index (χ4n) is 3.60. The molecule has 0 fully saturated rings. The second-order valence-corrected chi connectivity index (χ2v) is 8.85. The molecular formula is C26H22Cl2N4O4. The van der Waals surface area contributed by atoms with Crippen LogP contribution >= 0.6 is 23.2 Å². The molecule has 0 saturated carbocycles. The first-order valence-corrected chi connectivity index (χ1v) is 11.6. The van der Waals surface area contributed by atoms with Crippen molar-refractivity contribution in [2.75, 3.05) is 23.2 Å². The van der Waals surface area contributed by atoms with Crippen LogP contribution in [0, 0.1) is 13.8 Å². The Morgan fingerprint density at radius 2 is 1.53 bits per heavy atom. The zero-order valence-electron chi connectivity index (χ0n) is 19.6. The molecular weight excluding hydrogens is 503 g/mol. The van der Waals surface area contributed by atoms with Crippen LogP contribution in [0.25, 0.3) is 10.9 Å². The van der Waals surface area contributed by atoms with E-state index in [2.05, 4.69) is 16.1 Å². The predicted molar refractivity (Wildman–Crippen MR) is 142 cm³/mol. The van der Waals surface area contributed by atoms with Gasteiger partial charge in [-0.3, -0.25) is 19.8 Å². The highest BCUT2D eigenvalue weighted by atomic mass is 35.5. The zero-order chi connectivity index (χ0) is 26.0. The van der Waals surface area contributed by atoms with Gasteiger partial charge in [-0.2, -0.15) is 0 Å². The van der Waals surface area contributed by atoms with Crippen molar-refractivity contribution in [2.45, 2.75) is 13.8 Å². The number of hydrogen-bond acceptors (Lipinski definition) is 4. The molecule has 4 rings (SSSR count). The maximum Gasteiger partial charge on any atom is 0.328 e. The summed E-state index contributed by atoms with van der Waals surface area (Å²) in [5, 5.41) is 6.53. The average molecular weight is 525 g/mol. The number of hydrogen-bond donors (Lipinski definition) is 3. The maximum absolute atomic E-state index is 13.2. The highest BCUT2D eigenvalue weighted by Crippen LogP contribution is 2.29. The number of rotatable bonds is 5. The maximum atomic E-state index is 13.2. The Morgan fingerprint density at radius 3 is 2.22 bits per heavy atom. The largest absolute Gasteiger partial charge is 0.494 e. The number of benzene rings is 3. The smallest absolute Gasteiger partial charge is 0.328 e. The van der Waals surface area contributed by atoms with Gasteiger partial charge in [-0.15, -0.1) is 0 Å². The molecule has 1 heterocycles. The molecule has 36 heavy (non-hydrogen) atoms. The van der Waals surface area contributed by atoms with Crippen molar-refractivity contribution in [1.29, 1.82) is 0 Å². The van der Waals surface area contributed by atoms with Gasteiger partial charge in [-0.1, -0.05) is 41.4 Å². The van der Waals surface area contributed by atoms with Crippen molar-refractivity contribution >= 4 is 63.2 Å². The van der Waals surface area contributed by atoms with Crippen molar-refractivity contribution < 1.29 is 19.1 Å². The summed E-state index contributed by atoms with van der Waals surface area (Å²) in [6.45, 7) is 3.85. The first-order valence-electron chi connectivity index (χ1n) is 10.8. The molecule has 0 atom stereocenters. The molecule has 3 N–H and O–H groups in total. The average Bonchev–Trinajstić information content (AvgIpc) is 3.22. The number of ether oxygens (including phenoxy) is 1. The van der Waals surface area contributed by atoms with E-state index in [0.717, 1.165) is 11.1 Å². The normalized spacial score (nSPS) is 10.7. The minimum atomic E-state index is -0.972. The number of anilines is 2. The van der Waals surface area contributed by atoms with E-state index < -0.39 is 17.7 Å². The zero-order valence-corrected chi connectivity index (χ0v) is 21.1. The molecule has 1 aromatic heterocycles. The van der Waals surface area contributed by atoms with Gasteiger partial charge in [-0.25, -0.2) is 4.68 Å². The summed E-state index contributed by atoms with van der Waals surface area (Å²) >= 11 is 12.0. The van der Waals surface area contributed by atoms with Crippen LogP contribution in [0.2, 0.25) is 10.0 Å². The van der Waals surface area contributed by atoms with Gasteiger partial charge in [0.2, 0.25) is 0 Å². The molecule has 0 saturated heterocycles. The summed E-state index contributed by atoms with van der Waals surface area (Å²) in [4.78, 5) is 38.8. The number of methoxy groups -OCH3 is 1. The molecule has 0 radical (unpaired) electrons. The summed E-state index contributed by atoms with van der Waals surface area (Å²) in [6.07, 6.45) is 0. The molecule has 10 heteroatoms. The number of aromatic nitrogens is 1. The van der Waals surface area contributed by atoms with Crippen LogP contribution in [0.1, 0.15) is 21.6 Å². The molecule has 4 aromatic rings. The number of nitrogens with zero attached hydrogens (tertiary/aromatic N) is 1. The lowest BCUT2D eigenvalue weighted by molar-refractivity contribution is -0.133. The minimum Gasteiger partial charge on any atom is -0.494 e. The van der Waals surface area contributed by atoms with Crippen LogP contribution in [-0.4, -0.2) is 29.5 Å². The lowest BCUT2D eigenvalue weighted by atomic mass is 10.1. The number of carbonyl (C=O) groups is 3. The highest BCUT2D eigenvalue weighted by molar-refractivity contribution is 6.43. The van der Waals surface area contributed by atoms with Gasteiger partial charge in [0, 0.05) is 16.8 Å². The topological polar surface area (TPSA) is 101 Å². The molecule has 0 bridgehead atoms. The van der Waals surface area contributed by atoms with Crippen molar-refractivity contribution in [3.8, 4) is 5.75 Å². The van der Waals surface area contributed by atoms with Crippen molar-refractivity contribution in [3.05, 3.63) is 87.5 Å². The van der Waals surface area contributed by atoms with Gasteiger partial charge in [0.25, 0.3) is 5.91 Å². The summed E-state index contributed by atoms with van der Waals surface area (Å²) < 4.78 is 6.66. The molecule has 184 valence electrons. The Bertz CT molecular complexity index is 1510. The van der Waals surface area contributed by atoms with Gasteiger partial charge in [0.05, 0.1) is 17.2 Å².